The summed E-state index contributed by atoms with van der Waals surface area (Å²) in [5, 5.41) is 3.05. The maximum absolute atomic E-state index is 12.2. The lowest BCUT2D eigenvalue weighted by Crippen LogP contribution is -2.34. The smallest absolute Gasteiger partial charge is 0.223 e. The number of rotatable bonds is 12. The van der Waals surface area contributed by atoms with E-state index in [1.807, 2.05) is 36.4 Å². The molecule has 1 atom stereocenters. The Labute approximate surface area is 233 Å². The molecule has 1 aliphatic rings. The minimum Gasteiger partial charge on any atom is -0.494 e. The van der Waals surface area contributed by atoms with Gasteiger partial charge in [-0.3, -0.25) is 4.79 Å². The Kier molecular flexibility index (Phi) is 14.3. The van der Waals surface area contributed by atoms with Gasteiger partial charge in [0.2, 0.25) is 5.91 Å². The minimum atomic E-state index is 0. The zero-order valence-electron chi connectivity index (χ0n) is 22.7. The van der Waals surface area contributed by atoms with Crippen molar-refractivity contribution < 1.29 is 14.3 Å². The van der Waals surface area contributed by atoms with E-state index in [0.717, 1.165) is 81.0 Å². The third-order valence-corrected chi connectivity index (χ3v) is 6.41. The molecule has 0 aliphatic heterocycles. The first-order valence-electron chi connectivity index (χ1n) is 13.4. The van der Waals surface area contributed by atoms with E-state index in [1.54, 1.807) is 6.33 Å². The lowest BCUT2D eigenvalue weighted by atomic mass is 9.89. The van der Waals surface area contributed by atoms with Crippen molar-refractivity contribution in [1.29, 1.82) is 0 Å². The predicted octanol–water partition coefficient (Wildman–Crippen LogP) is 5.33. The second-order valence-corrected chi connectivity index (χ2v) is 9.58. The Morgan fingerprint density at radius 2 is 1.53 bits per heavy atom. The molecule has 0 radical (unpaired) electrons. The molecule has 7 nitrogen and oxygen atoms in total. The lowest BCUT2D eigenvalue weighted by molar-refractivity contribution is -0.125. The molecule has 0 saturated heterocycles. The van der Waals surface area contributed by atoms with Gasteiger partial charge in [-0.1, -0.05) is 35.4 Å². The van der Waals surface area contributed by atoms with E-state index in [0.29, 0.717) is 13.2 Å². The Balaban J connectivity index is 0.000000309. The van der Waals surface area contributed by atoms with Gasteiger partial charge in [-0.25, -0.2) is 4.98 Å². The molecule has 0 spiro atoms. The van der Waals surface area contributed by atoms with Crippen LogP contribution in [0.3, 0.4) is 0 Å². The zero-order valence-corrected chi connectivity index (χ0v) is 23.5. The molecule has 0 fully saturated rings. The first-order valence-corrected chi connectivity index (χ1v) is 13.4. The van der Waals surface area contributed by atoms with Gasteiger partial charge in [0.1, 0.15) is 11.5 Å². The Morgan fingerprint density at radius 1 is 0.947 bits per heavy atom. The SMILES string of the molecule is Cc1ccc(OCCCCN)cc1.Cc1ccc(OCCCCNC(=O)C2CCc3nc[nH]c3C2)cc1.Cl. The number of unbranched alkanes of at least 4 members (excludes halogenated alkanes) is 2. The topological polar surface area (TPSA) is 102 Å². The second kappa shape index (κ2) is 17.5. The number of amides is 1. The number of H-pyrrole nitrogens is 1. The molecule has 38 heavy (non-hydrogen) atoms. The summed E-state index contributed by atoms with van der Waals surface area (Å²) < 4.78 is 11.2. The number of aromatic amines is 1. The van der Waals surface area contributed by atoms with Gasteiger partial charge in [-0.05, 0) is 83.2 Å². The molecular formula is C30H43ClN4O3. The fraction of sp³-hybridized carbons (Fsp3) is 0.467. The number of aromatic nitrogens is 2. The van der Waals surface area contributed by atoms with E-state index in [-0.39, 0.29) is 24.2 Å². The second-order valence-electron chi connectivity index (χ2n) is 9.58. The van der Waals surface area contributed by atoms with Crippen LogP contribution in [0, 0.1) is 19.8 Å². The summed E-state index contributed by atoms with van der Waals surface area (Å²) in [4.78, 5) is 19.7. The summed E-state index contributed by atoms with van der Waals surface area (Å²) in [7, 11) is 0. The highest BCUT2D eigenvalue weighted by Gasteiger charge is 2.25. The fourth-order valence-corrected chi connectivity index (χ4v) is 4.10. The number of carbonyl (C=O) groups is 1. The van der Waals surface area contributed by atoms with E-state index >= 15 is 0 Å². The number of benzene rings is 2. The number of ether oxygens (including phenoxy) is 2. The Bertz CT molecular complexity index is 1050. The minimum absolute atomic E-state index is 0. The van der Waals surface area contributed by atoms with Crippen molar-refractivity contribution in [1.82, 2.24) is 15.3 Å². The van der Waals surface area contributed by atoms with Gasteiger partial charge < -0.3 is 25.5 Å². The highest BCUT2D eigenvalue weighted by molar-refractivity contribution is 5.85. The zero-order chi connectivity index (χ0) is 26.3. The van der Waals surface area contributed by atoms with Crippen LogP contribution in [0.25, 0.3) is 0 Å². The molecule has 4 rings (SSSR count). The van der Waals surface area contributed by atoms with Gasteiger partial charge in [0.25, 0.3) is 0 Å². The number of nitrogens with two attached hydrogens (primary N) is 1. The largest absolute Gasteiger partial charge is 0.494 e. The van der Waals surface area contributed by atoms with Crippen LogP contribution in [0.5, 0.6) is 11.5 Å². The molecular weight excluding hydrogens is 500 g/mol. The standard InChI is InChI=1S/C19H25N3O2.C11H17NO.ClH/c1-14-4-7-16(8-5-14)24-11-3-2-10-20-19(23)15-6-9-17-18(12-15)22-13-21-17;1-10-4-6-11(7-5-10)13-9-3-2-8-12;/h4-5,7-8,13,15H,2-3,6,9-12H2,1H3,(H,20,23)(H,21,22);4-7H,2-3,8-9,12H2,1H3;1H. The van der Waals surface area contributed by atoms with Crippen LogP contribution >= 0.6 is 12.4 Å². The number of hydrogen-bond donors (Lipinski definition) is 3. The van der Waals surface area contributed by atoms with Crippen molar-refractivity contribution in [3.8, 4) is 11.5 Å². The highest BCUT2D eigenvalue weighted by atomic mass is 35.5. The number of nitrogens with zero attached hydrogens (tertiary/aromatic N) is 1. The summed E-state index contributed by atoms with van der Waals surface area (Å²) in [6.07, 6.45) is 8.21. The van der Waals surface area contributed by atoms with Crippen molar-refractivity contribution in [2.45, 2.75) is 58.8 Å². The molecule has 8 heteroatoms. The van der Waals surface area contributed by atoms with Crippen LogP contribution in [0.1, 0.15) is 54.6 Å². The van der Waals surface area contributed by atoms with Gasteiger partial charge in [-0.15, -0.1) is 12.4 Å². The summed E-state index contributed by atoms with van der Waals surface area (Å²) in [5.41, 5.74) is 10.1. The number of imidazole rings is 1. The van der Waals surface area contributed by atoms with Crippen LogP contribution in [0.15, 0.2) is 54.9 Å². The van der Waals surface area contributed by atoms with E-state index in [4.69, 9.17) is 15.2 Å². The van der Waals surface area contributed by atoms with Crippen molar-refractivity contribution in [2.24, 2.45) is 11.7 Å². The van der Waals surface area contributed by atoms with E-state index in [2.05, 4.69) is 41.3 Å². The molecule has 1 aliphatic carbocycles. The summed E-state index contributed by atoms with van der Waals surface area (Å²) in [6, 6.07) is 16.2. The number of aryl methyl sites for hydroxylation is 3. The van der Waals surface area contributed by atoms with Crippen molar-refractivity contribution in [3.05, 3.63) is 77.4 Å². The number of nitrogens with one attached hydrogen (secondary N) is 2. The number of hydrogen-bond acceptors (Lipinski definition) is 5. The Morgan fingerprint density at radius 3 is 2.11 bits per heavy atom. The van der Waals surface area contributed by atoms with E-state index < -0.39 is 0 Å². The van der Waals surface area contributed by atoms with Crippen molar-refractivity contribution >= 4 is 18.3 Å². The summed E-state index contributed by atoms with van der Waals surface area (Å²) in [5.74, 6) is 2.08. The maximum atomic E-state index is 12.2. The van der Waals surface area contributed by atoms with Crippen molar-refractivity contribution in [2.75, 3.05) is 26.3 Å². The number of halogens is 1. The molecule has 1 aromatic heterocycles. The highest BCUT2D eigenvalue weighted by Crippen LogP contribution is 2.22. The van der Waals surface area contributed by atoms with Gasteiger partial charge in [0.05, 0.1) is 25.2 Å². The fourth-order valence-electron chi connectivity index (χ4n) is 4.10. The van der Waals surface area contributed by atoms with Crippen molar-refractivity contribution in [3.63, 3.8) is 0 Å². The van der Waals surface area contributed by atoms with Crippen LogP contribution in [-0.2, 0) is 17.6 Å². The first-order chi connectivity index (χ1) is 18.0. The molecule has 1 amide bonds. The number of carbonyl (C=O) groups excluding carboxylic acids is 1. The molecule has 0 bridgehead atoms. The monoisotopic (exact) mass is 542 g/mol. The predicted molar refractivity (Wildman–Crippen MR) is 155 cm³/mol. The summed E-state index contributed by atoms with van der Waals surface area (Å²) in [6.45, 7) is 7.03. The van der Waals surface area contributed by atoms with Crippen LogP contribution in [-0.4, -0.2) is 42.2 Å². The molecule has 1 heterocycles. The van der Waals surface area contributed by atoms with Gasteiger partial charge in [-0.2, -0.15) is 0 Å². The molecule has 0 saturated carbocycles. The third-order valence-electron chi connectivity index (χ3n) is 6.41. The molecule has 208 valence electrons. The normalized spacial score (nSPS) is 13.8. The molecule has 1 unspecified atom stereocenters. The molecule has 4 N–H and O–H groups in total. The van der Waals surface area contributed by atoms with Gasteiger partial charge >= 0.3 is 0 Å². The quantitative estimate of drug-likeness (QED) is 0.268. The Hall–Kier alpha value is -3.03. The van der Waals surface area contributed by atoms with Crippen LogP contribution in [0.2, 0.25) is 0 Å². The number of fused-ring (bicyclic) bond motifs is 1. The maximum Gasteiger partial charge on any atom is 0.223 e. The van der Waals surface area contributed by atoms with E-state index in [9.17, 15) is 4.79 Å². The average Bonchev–Trinajstić information content (AvgIpc) is 3.39. The average molecular weight is 543 g/mol. The third kappa shape index (κ3) is 11.2. The molecule has 2 aromatic carbocycles. The van der Waals surface area contributed by atoms with E-state index in [1.165, 1.54) is 11.1 Å². The van der Waals surface area contributed by atoms with Gasteiger partial charge in [0.15, 0.2) is 0 Å². The van der Waals surface area contributed by atoms with Gasteiger partial charge in [0, 0.05) is 24.6 Å². The first kappa shape index (κ1) is 31.2. The lowest BCUT2D eigenvalue weighted by Gasteiger charge is -2.20. The van der Waals surface area contributed by atoms with Crippen LogP contribution in [0.4, 0.5) is 0 Å². The van der Waals surface area contributed by atoms with Crippen LogP contribution < -0.4 is 20.5 Å². The molecule has 3 aromatic rings. The summed E-state index contributed by atoms with van der Waals surface area (Å²) >= 11 is 0.